The number of nitrogens with zero attached hydrogens (tertiary/aromatic N) is 2. The molecule has 0 aliphatic heterocycles. The molecule has 2 unspecified atom stereocenters. The van der Waals surface area contributed by atoms with E-state index >= 15 is 0 Å². The summed E-state index contributed by atoms with van der Waals surface area (Å²) in [5.41, 5.74) is 2.17. The van der Waals surface area contributed by atoms with Gasteiger partial charge < -0.3 is 5.11 Å². The van der Waals surface area contributed by atoms with Gasteiger partial charge in [-0.25, -0.2) is 0 Å². The minimum absolute atomic E-state index is 0.217. The van der Waals surface area contributed by atoms with Gasteiger partial charge in [0.2, 0.25) is 0 Å². The Morgan fingerprint density at radius 3 is 2.67 bits per heavy atom. The van der Waals surface area contributed by atoms with E-state index in [2.05, 4.69) is 32.8 Å². The Kier molecular flexibility index (Phi) is 5.37. The summed E-state index contributed by atoms with van der Waals surface area (Å²) in [6, 6.07) is 0. The number of hydrogen-bond acceptors (Lipinski definition) is 2. The van der Waals surface area contributed by atoms with Crippen molar-refractivity contribution in [2.24, 2.45) is 11.3 Å². The summed E-state index contributed by atoms with van der Waals surface area (Å²) in [6.45, 7) is 9.52. The molecular weight excluding hydrogens is 284 g/mol. The zero-order valence-corrected chi connectivity index (χ0v) is 14.6. The molecule has 4 heteroatoms. The van der Waals surface area contributed by atoms with E-state index in [-0.39, 0.29) is 11.5 Å². The Hall–Kier alpha value is -0.540. The highest BCUT2D eigenvalue weighted by Gasteiger charge is 2.37. The molecule has 1 aromatic heterocycles. The summed E-state index contributed by atoms with van der Waals surface area (Å²) in [7, 11) is 0. The standard InChI is InChI=1S/C17H29ClN2O/c1-5-13-16(18)14(20(6-2)19-13)11-15(21)12-9-7-8-10-17(12,3)4/h12,15,21H,5-11H2,1-4H3. The van der Waals surface area contributed by atoms with E-state index in [0.29, 0.717) is 12.3 Å². The van der Waals surface area contributed by atoms with Crippen LogP contribution in [-0.2, 0) is 19.4 Å². The lowest BCUT2D eigenvalue weighted by Crippen LogP contribution is -2.38. The number of halogens is 1. The monoisotopic (exact) mass is 312 g/mol. The van der Waals surface area contributed by atoms with E-state index < -0.39 is 0 Å². The Balaban J connectivity index is 2.19. The summed E-state index contributed by atoms with van der Waals surface area (Å²) < 4.78 is 1.96. The smallest absolute Gasteiger partial charge is 0.0850 e. The molecule has 0 bridgehead atoms. The third-order valence-corrected chi connectivity index (χ3v) is 5.59. The second-order valence-corrected chi connectivity index (χ2v) is 7.37. The van der Waals surface area contributed by atoms with Crippen LogP contribution < -0.4 is 0 Å². The fourth-order valence-electron chi connectivity index (χ4n) is 3.79. The van der Waals surface area contributed by atoms with E-state index in [9.17, 15) is 5.11 Å². The number of aryl methyl sites for hydroxylation is 2. The molecule has 2 atom stereocenters. The van der Waals surface area contributed by atoms with E-state index in [1.54, 1.807) is 0 Å². The molecule has 1 aliphatic rings. The Labute approximate surface area is 133 Å². The van der Waals surface area contributed by atoms with Gasteiger partial charge in [0.05, 0.1) is 22.5 Å². The molecule has 1 N–H and O–H groups in total. The number of aliphatic hydroxyl groups is 1. The van der Waals surface area contributed by atoms with Crippen LogP contribution >= 0.6 is 11.6 Å². The Bertz CT molecular complexity index is 481. The van der Waals surface area contributed by atoms with Gasteiger partial charge in [0.15, 0.2) is 0 Å². The van der Waals surface area contributed by atoms with Crippen molar-refractivity contribution in [3.8, 4) is 0 Å². The van der Waals surface area contributed by atoms with Crippen molar-refractivity contribution in [1.29, 1.82) is 0 Å². The van der Waals surface area contributed by atoms with Crippen LogP contribution in [0.25, 0.3) is 0 Å². The maximum Gasteiger partial charge on any atom is 0.0850 e. The molecule has 0 amide bonds. The van der Waals surface area contributed by atoms with E-state index in [1.165, 1.54) is 19.3 Å². The molecule has 120 valence electrons. The maximum atomic E-state index is 10.8. The average Bonchev–Trinajstić information content (AvgIpc) is 2.74. The summed E-state index contributed by atoms with van der Waals surface area (Å²) >= 11 is 6.47. The molecule has 21 heavy (non-hydrogen) atoms. The SMILES string of the molecule is CCc1nn(CC)c(CC(O)C2CCCCC2(C)C)c1Cl. The minimum atomic E-state index is -0.329. The fourth-order valence-corrected chi connectivity index (χ4v) is 4.13. The fraction of sp³-hybridized carbons (Fsp3) is 0.824. The van der Waals surface area contributed by atoms with Gasteiger partial charge in [-0.1, -0.05) is 45.2 Å². The normalized spacial score (nSPS) is 23.2. The van der Waals surface area contributed by atoms with Crippen LogP contribution in [-0.4, -0.2) is 21.0 Å². The highest BCUT2D eigenvalue weighted by Crippen LogP contribution is 2.43. The number of hydrogen-bond donors (Lipinski definition) is 1. The molecule has 1 heterocycles. The first-order valence-electron chi connectivity index (χ1n) is 8.32. The van der Waals surface area contributed by atoms with Gasteiger partial charge in [-0.2, -0.15) is 5.10 Å². The van der Waals surface area contributed by atoms with Crippen molar-refractivity contribution in [1.82, 2.24) is 9.78 Å². The third kappa shape index (κ3) is 3.45. The quantitative estimate of drug-likeness (QED) is 0.883. The topological polar surface area (TPSA) is 38.0 Å². The molecule has 1 fully saturated rings. The summed E-state index contributed by atoms with van der Waals surface area (Å²) in [4.78, 5) is 0. The lowest BCUT2D eigenvalue weighted by Gasteiger charge is -2.41. The number of aliphatic hydroxyl groups excluding tert-OH is 1. The van der Waals surface area contributed by atoms with Crippen molar-refractivity contribution in [3.63, 3.8) is 0 Å². The molecule has 0 saturated heterocycles. The molecule has 1 aromatic rings. The van der Waals surface area contributed by atoms with Gasteiger partial charge in [0, 0.05) is 13.0 Å². The van der Waals surface area contributed by atoms with Crippen LogP contribution in [0, 0.1) is 11.3 Å². The third-order valence-electron chi connectivity index (χ3n) is 5.15. The molecule has 2 rings (SSSR count). The van der Waals surface area contributed by atoms with Crippen LogP contribution in [0.15, 0.2) is 0 Å². The Morgan fingerprint density at radius 2 is 2.10 bits per heavy atom. The van der Waals surface area contributed by atoms with E-state index in [4.69, 9.17) is 11.6 Å². The summed E-state index contributed by atoms with van der Waals surface area (Å²) in [5.74, 6) is 0.354. The first-order valence-corrected chi connectivity index (χ1v) is 8.70. The maximum absolute atomic E-state index is 10.8. The largest absolute Gasteiger partial charge is 0.392 e. The van der Waals surface area contributed by atoms with Crippen LogP contribution in [0.4, 0.5) is 0 Å². The second kappa shape index (κ2) is 6.70. The first-order chi connectivity index (χ1) is 9.90. The summed E-state index contributed by atoms with van der Waals surface area (Å²) in [5, 5.41) is 16.1. The molecule has 0 aromatic carbocycles. The molecule has 0 radical (unpaired) electrons. The van der Waals surface area contributed by atoms with Gasteiger partial charge in [-0.05, 0) is 37.5 Å². The molecule has 1 saturated carbocycles. The van der Waals surface area contributed by atoms with Gasteiger partial charge in [0.25, 0.3) is 0 Å². The Morgan fingerprint density at radius 1 is 1.38 bits per heavy atom. The van der Waals surface area contributed by atoms with Crippen molar-refractivity contribution in [2.45, 2.75) is 78.9 Å². The summed E-state index contributed by atoms with van der Waals surface area (Å²) in [6.07, 6.45) is 5.96. The number of aromatic nitrogens is 2. The van der Waals surface area contributed by atoms with Gasteiger partial charge in [0.1, 0.15) is 0 Å². The van der Waals surface area contributed by atoms with Gasteiger partial charge in [-0.3, -0.25) is 4.68 Å². The van der Waals surface area contributed by atoms with Gasteiger partial charge >= 0.3 is 0 Å². The van der Waals surface area contributed by atoms with Crippen molar-refractivity contribution >= 4 is 11.6 Å². The lowest BCUT2D eigenvalue weighted by molar-refractivity contribution is 0.00479. The van der Waals surface area contributed by atoms with Crippen LogP contribution in [0.1, 0.15) is 64.8 Å². The highest BCUT2D eigenvalue weighted by molar-refractivity contribution is 6.31. The van der Waals surface area contributed by atoms with Crippen LogP contribution in [0.5, 0.6) is 0 Å². The molecule has 3 nitrogen and oxygen atoms in total. The highest BCUT2D eigenvalue weighted by atomic mass is 35.5. The molecule has 1 aliphatic carbocycles. The van der Waals surface area contributed by atoms with Crippen molar-refractivity contribution in [2.75, 3.05) is 0 Å². The van der Waals surface area contributed by atoms with E-state index in [1.807, 2.05) is 4.68 Å². The molecule has 0 spiro atoms. The number of rotatable bonds is 5. The minimum Gasteiger partial charge on any atom is -0.392 e. The lowest BCUT2D eigenvalue weighted by atomic mass is 9.66. The second-order valence-electron chi connectivity index (χ2n) is 6.99. The van der Waals surface area contributed by atoms with E-state index in [0.717, 1.165) is 35.8 Å². The molecular formula is C17H29ClN2O. The van der Waals surface area contributed by atoms with Gasteiger partial charge in [-0.15, -0.1) is 0 Å². The first kappa shape index (κ1) is 16.8. The van der Waals surface area contributed by atoms with Crippen LogP contribution in [0.2, 0.25) is 5.02 Å². The zero-order valence-electron chi connectivity index (χ0n) is 13.8. The van der Waals surface area contributed by atoms with Crippen LogP contribution in [0.3, 0.4) is 0 Å². The zero-order chi connectivity index (χ0) is 15.6. The predicted molar refractivity (Wildman–Crippen MR) is 87.7 cm³/mol. The predicted octanol–water partition coefficient (Wildman–Crippen LogP) is 4.24. The van der Waals surface area contributed by atoms with Crippen molar-refractivity contribution in [3.05, 3.63) is 16.4 Å². The average molecular weight is 313 g/mol. The van der Waals surface area contributed by atoms with Crippen molar-refractivity contribution < 1.29 is 5.11 Å².